The third-order valence-electron chi connectivity index (χ3n) is 3.25. The molecule has 0 unspecified atom stereocenters. The Morgan fingerprint density at radius 1 is 0.960 bits per heavy atom. The van der Waals surface area contributed by atoms with Crippen LogP contribution in [0.5, 0.6) is 5.75 Å². The molecular formula is C18H18BrClN2O3. The van der Waals surface area contributed by atoms with Gasteiger partial charge in [-0.05, 0) is 48.5 Å². The van der Waals surface area contributed by atoms with Crippen LogP contribution < -0.4 is 15.4 Å². The molecular weight excluding hydrogens is 408 g/mol. The molecule has 0 spiro atoms. The monoisotopic (exact) mass is 424 g/mol. The predicted molar refractivity (Wildman–Crippen MR) is 101 cm³/mol. The summed E-state index contributed by atoms with van der Waals surface area (Å²) in [5.41, 5.74) is 0.556. The van der Waals surface area contributed by atoms with E-state index in [0.29, 0.717) is 29.5 Å². The van der Waals surface area contributed by atoms with Crippen molar-refractivity contribution in [2.45, 2.75) is 6.42 Å². The zero-order valence-corrected chi connectivity index (χ0v) is 15.8. The van der Waals surface area contributed by atoms with Gasteiger partial charge in [0.15, 0.2) is 0 Å². The number of hydrogen-bond donors (Lipinski definition) is 2. The molecule has 0 bridgehead atoms. The number of nitrogens with one attached hydrogen (secondary N) is 2. The summed E-state index contributed by atoms with van der Waals surface area (Å²) < 4.78 is 6.38. The van der Waals surface area contributed by atoms with Gasteiger partial charge in [-0.25, -0.2) is 0 Å². The molecule has 0 atom stereocenters. The maximum absolute atomic E-state index is 11.9. The second-order valence-corrected chi connectivity index (χ2v) is 6.52. The van der Waals surface area contributed by atoms with Gasteiger partial charge in [0.1, 0.15) is 12.4 Å². The number of ether oxygens (including phenoxy) is 1. The van der Waals surface area contributed by atoms with Gasteiger partial charge in [0.25, 0.3) is 5.91 Å². The van der Waals surface area contributed by atoms with Gasteiger partial charge in [0.05, 0.1) is 6.54 Å². The molecule has 2 N–H and O–H groups in total. The lowest BCUT2D eigenvalue weighted by Gasteiger charge is -2.08. The molecule has 0 fully saturated rings. The molecule has 0 saturated heterocycles. The Balaban J connectivity index is 1.58. The van der Waals surface area contributed by atoms with E-state index in [1.807, 2.05) is 0 Å². The average molecular weight is 426 g/mol. The van der Waals surface area contributed by atoms with Crippen LogP contribution in [0.4, 0.5) is 0 Å². The predicted octanol–water partition coefficient (Wildman–Crippen LogP) is 3.42. The van der Waals surface area contributed by atoms with Crippen LogP contribution in [0.2, 0.25) is 5.02 Å². The number of carbonyl (C=O) groups is 2. The van der Waals surface area contributed by atoms with Gasteiger partial charge in [-0.15, -0.1) is 0 Å². The van der Waals surface area contributed by atoms with E-state index >= 15 is 0 Å². The molecule has 0 aliphatic heterocycles. The molecule has 2 rings (SSSR count). The highest BCUT2D eigenvalue weighted by atomic mass is 79.9. The van der Waals surface area contributed by atoms with Crippen molar-refractivity contribution >= 4 is 39.3 Å². The smallest absolute Gasteiger partial charge is 0.251 e. The van der Waals surface area contributed by atoms with Gasteiger partial charge >= 0.3 is 0 Å². The van der Waals surface area contributed by atoms with Crippen LogP contribution in [0.3, 0.4) is 0 Å². The molecule has 0 saturated carbocycles. The summed E-state index contributed by atoms with van der Waals surface area (Å²) in [7, 11) is 0. The molecule has 0 aliphatic carbocycles. The van der Waals surface area contributed by atoms with E-state index in [-0.39, 0.29) is 24.8 Å². The van der Waals surface area contributed by atoms with Crippen molar-refractivity contribution in [3.05, 3.63) is 63.6 Å². The lowest BCUT2D eigenvalue weighted by Crippen LogP contribution is -2.32. The van der Waals surface area contributed by atoms with Crippen LogP contribution >= 0.6 is 27.5 Å². The van der Waals surface area contributed by atoms with Gasteiger partial charge in [0, 0.05) is 28.0 Å². The lowest BCUT2D eigenvalue weighted by atomic mass is 10.2. The molecule has 0 aliphatic rings. The fourth-order valence-electron chi connectivity index (χ4n) is 1.97. The Labute approximate surface area is 159 Å². The molecule has 2 aromatic carbocycles. The molecule has 5 nitrogen and oxygen atoms in total. The summed E-state index contributed by atoms with van der Waals surface area (Å²) >= 11 is 9.10. The lowest BCUT2D eigenvalue weighted by molar-refractivity contribution is -0.121. The van der Waals surface area contributed by atoms with E-state index in [9.17, 15) is 9.59 Å². The minimum absolute atomic E-state index is 0.143. The van der Waals surface area contributed by atoms with Gasteiger partial charge in [-0.3, -0.25) is 9.59 Å². The number of halogens is 2. The third kappa shape index (κ3) is 7.15. The topological polar surface area (TPSA) is 67.4 Å². The summed E-state index contributed by atoms with van der Waals surface area (Å²) in [5.74, 6) is 0.350. The van der Waals surface area contributed by atoms with Gasteiger partial charge in [-0.2, -0.15) is 0 Å². The van der Waals surface area contributed by atoms with Gasteiger partial charge in [0.2, 0.25) is 5.91 Å². The van der Waals surface area contributed by atoms with Crippen LogP contribution in [-0.4, -0.2) is 31.5 Å². The van der Waals surface area contributed by atoms with Crippen molar-refractivity contribution in [3.63, 3.8) is 0 Å². The Bertz CT molecular complexity index is 705. The SMILES string of the molecule is O=C(CCNC(=O)c1ccc(Br)cc1)NCCOc1ccc(Cl)cc1. The van der Waals surface area contributed by atoms with Crippen molar-refractivity contribution in [1.29, 1.82) is 0 Å². The Hall–Kier alpha value is -2.05. The fraction of sp³-hybridized carbons (Fsp3) is 0.222. The highest BCUT2D eigenvalue weighted by molar-refractivity contribution is 9.10. The normalized spacial score (nSPS) is 10.2. The summed E-state index contributed by atoms with van der Waals surface area (Å²) in [6, 6.07) is 14.0. The molecule has 7 heteroatoms. The minimum atomic E-state index is -0.202. The average Bonchev–Trinajstić information content (AvgIpc) is 2.61. The first-order valence-corrected chi connectivity index (χ1v) is 8.90. The molecule has 132 valence electrons. The molecule has 2 amide bonds. The van der Waals surface area contributed by atoms with Crippen molar-refractivity contribution in [1.82, 2.24) is 10.6 Å². The van der Waals surface area contributed by atoms with Crippen LogP contribution in [0, 0.1) is 0 Å². The van der Waals surface area contributed by atoms with E-state index in [2.05, 4.69) is 26.6 Å². The quantitative estimate of drug-likeness (QED) is 0.637. The van der Waals surface area contributed by atoms with Crippen molar-refractivity contribution in [2.24, 2.45) is 0 Å². The Kier molecular flexibility index (Phi) is 7.76. The van der Waals surface area contributed by atoms with E-state index in [0.717, 1.165) is 4.47 Å². The molecule has 25 heavy (non-hydrogen) atoms. The van der Waals surface area contributed by atoms with Crippen molar-refractivity contribution in [2.75, 3.05) is 19.7 Å². The maximum Gasteiger partial charge on any atom is 0.251 e. The number of benzene rings is 2. The highest BCUT2D eigenvalue weighted by Crippen LogP contribution is 2.15. The van der Waals surface area contributed by atoms with E-state index in [1.165, 1.54) is 0 Å². The number of hydrogen-bond acceptors (Lipinski definition) is 3. The zero-order valence-electron chi connectivity index (χ0n) is 13.4. The van der Waals surface area contributed by atoms with Crippen LogP contribution in [0.1, 0.15) is 16.8 Å². The fourth-order valence-corrected chi connectivity index (χ4v) is 2.36. The summed E-state index contributed by atoms with van der Waals surface area (Å²) in [6.45, 7) is 1.03. The van der Waals surface area contributed by atoms with Gasteiger partial charge < -0.3 is 15.4 Å². The van der Waals surface area contributed by atoms with Crippen LogP contribution in [0.15, 0.2) is 53.0 Å². The second kappa shape index (κ2) is 10.1. The first kappa shape index (κ1) is 19.3. The third-order valence-corrected chi connectivity index (χ3v) is 4.03. The summed E-state index contributed by atoms with van der Waals surface area (Å²) in [4.78, 5) is 23.6. The molecule has 0 heterocycles. The van der Waals surface area contributed by atoms with Gasteiger partial charge in [-0.1, -0.05) is 27.5 Å². The maximum atomic E-state index is 11.9. The molecule has 0 aromatic heterocycles. The largest absolute Gasteiger partial charge is 0.492 e. The highest BCUT2D eigenvalue weighted by Gasteiger charge is 2.06. The van der Waals surface area contributed by atoms with Crippen molar-refractivity contribution in [3.8, 4) is 5.75 Å². The van der Waals surface area contributed by atoms with E-state index in [1.54, 1.807) is 48.5 Å². The van der Waals surface area contributed by atoms with Crippen LogP contribution in [-0.2, 0) is 4.79 Å². The second-order valence-electron chi connectivity index (χ2n) is 5.17. The number of rotatable bonds is 8. The summed E-state index contributed by atoms with van der Waals surface area (Å²) in [6.07, 6.45) is 0.212. The van der Waals surface area contributed by atoms with Crippen molar-refractivity contribution < 1.29 is 14.3 Å². The Morgan fingerprint density at radius 3 is 2.32 bits per heavy atom. The standard InChI is InChI=1S/C18H18BrClN2O3/c19-14-3-1-13(2-4-14)18(24)22-10-9-17(23)21-11-12-25-16-7-5-15(20)6-8-16/h1-8H,9-12H2,(H,21,23)(H,22,24). The summed E-state index contributed by atoms with van der Waals surface area (Å²) in [5, 5.41) is 6.09. The van der Waals surface area contributed by atoms with Crippen LogP contribution in [0.25, 0.3) is 0 Å². The number of amides is 2. The molecule has 0 radical (unpaired) electrons. The molecule has 2 aromatic rings. The minimum Gasteiger partial charge on any atom is -0.492 e. The first-order chi connectivity index (χ1) is 12.0. The van der Waals surface area contributed by atoms with E-state index in [4.69, 9.17) is 16.3 Å². The first-order valence-electron chi connectivity index (χ1n) is 7.73. The number of carbonyl (C=O) groups excluding carboxylic acids is 2. The Morgan fingerprint density at radius 2 is 1.64 bits per heavy atom. The van der Waals surface area contributed by atoms with E-state index < -0.39 is 0 Å². The zero-order chi connectivity index (χ0) is 18.1.